The van der Waals surface area contributed by atoms with Gasteiger partial charge in [-0.15, -0.1) is 0 Å². The molecule has 0 bridgehead atoms. The number of hydrogen-bond acceptors (Lipinski definition) is 3. The lowest BCUT2D eigenvalue weighted by molar-refractivity contribution is -0.121. The first kappa shape index (κ1) is 15.8. The van der Waals surface area contributed by atoms with Crippen molar-refractivity contribution < 1.29 is 9.90 Å². The Morgan fingerprint density at radius 2 is 2.00 bits per heavy atom. The predicted molar refractivity (Wildman–Crippen MR) is 70.7 cm³/mol. The van der Waals surface area contributed by atoms with Crippen molar-refractivity contribution in [3.8, 4) is 0 Å². The molecule has 2 N–H and O–H groups in total. The van der Waals surface area contributed by atoms with Gasteiger partial charge in [0.1, 0.15) is 0 Å². The average molecular weight is 247 g/mol. The highest BCUT2D eigenvalue weighted by Gasteiger charge is 2.18. The van der Waals surface area contributed by atoms with Crippen molar-refractivity contribution in [2.75, 3.05) is 13.2 Å². The molecule has 0 aliphatic heterocycles. The standard InChI is InChI=1S/C12H25NO2S/c1-4-5-10(6-7-14)8-13-12(15)11(16)9(2)3/h9-11,14,16H,4-8H2,1-3H3,(H,13,15). The first-order chi connectivity index (χ1) is 7.52. The molecule has 2 atom stereocenters. The molecule has 0 saturated heterocycles. The van der Waals surface area contributed by atoms with Crippen LogP contribution in [0.2, 0.25) is 0 Å². The Bertz CT molecular complexity index is 191. The van der Waals surface area contributed by atoms with E-state index in [1.807, 2.05) is 13.8 Å². The molecule has 16 heavy (non-hydrogen) atoms. The van der Waals surface area contributed by atoms with Crippen molar-refractivity contribution in [1.82, 2.24) is 5.32 Å². The van der Waals surface area contributed by atoms with E-state index >= 15 is 0 Å². The third kappa shape index (κ3) is 6.38. The fraction of sp³-hybridized carbons (Fsp3) is 0.917. The van der Waals surface area contributed by atoms with E-state index in [0.29, 0.717) is 12.5 Å². The SMILES string of the molecule is CCCC(CCO)CNC(=O)C(S)C(C)C. The highest BCUT2D eigenvalue weighted by atomic mass is 32.1. The summed E-state index contributed by atoms with van der Waals surface area (Å²) in [6.45, 7) is 6.91. The van der Waals surface area contributed by atoms with Crippen LogP contribution in [0.5, 0.6) is 0 Å². The summed E-state index contributed by atoms with van der Waals surface area (Å²) >= 11 is 4.27. The maximum Gasteiger partial charge on any atom is 0.233 e. The zero-order valence-corrected chi connectivity index (χ0v) is 11.5. The van der Waals surface area contributed by atoms with Gasteiger partial charge >= 0.3 is 0 Å². The van der Waals surface area contributed by atoms with E-state index in [1.165, 1.54) is 0 Å². The quantitative estimate of drug-likeness (QED) is 0.573. The van der Waals surface area contributed by atoms with Gasteiger partial charge < -0.3 is 10.4 Å². The lowest BCUT2D eigenvalue weighted by Gasteiger charge is -2.19. The summed E-state index contributed by atoms with van der Waals surface area (Å²) in [5.41, 5.74) is 0. The Morgan fingerprint density at radius 1 is 1.38 bits per heavy atom. The van der Waals surface area contributed by atoms with E-state index in [4.69, 9.17) is 5.11 Å². The summed E-state index contributed by atoms with van der Waals surface area (Å²) in [6.07, 6.45) is 2.88. The maximum absolute atomic E-state index is 11.6. The Balaban J connectivity index is 3.94. The summed E-state index contributed by atoms with van der Waals surface area (Å²) in [7, 11) is 0. The molecule has 0 saturated carbocycles. The van der Waals surface area contributed by atoms with Crippen molar-refractivity contribution in [2.45, 2.75) is 45.3 Å². The topological polar surface area (TPSA) is 49.3 Å². The van der Waals surface area contributed by atoms with Crippen LogP contribution in [0.25, 0.3) is 0 Å². The second-order valence-electron chi connectivity index (χ2n) is 4.60. The van der Waals surface area contributed by atoms with E-state index in [9.17, 15) is 4.79 Å². The van der Waals surface area contributed by atoms with Gasteiger partial charge in [-0.3, -0.25) is 4.79 Å². The fourth-order valence-electron chi connectivity index (χ4n) is 1.59. The molecular weight excluding hydrogens is 222 g/mol. The van der Waals surface area contributed by atoms with Gasteiger partial charge in [0.05, 0.1) is 5.25 Å². The van der Waals surface area contributed by atoms with E-state index < -0.39 is 0 Å². The smallest absolute Gasteiger partial charge is 0.233 e. The highest BCUT2D eigenvalue weighted by Crippen LogP contribution is 2.11. The van der Waals surface area contributed by atoms with Gasteiger partial charge in [0.2, 0.25) is 5.91 Å². The van der Waals surface area contributed by atoms with Crippen LogP contribution in [0, 0.1) is 11.8 Å². The maximum atomic E-state index is 11.6. The Kier molecular flexibility index (Phi) is 8.76. The van der Waals surface area contributed by atoms with Gasteiger partial charge in [-0.2, -0.15) is 12.6 Å². The summed E-state index contributed by atoms with van der Waals surface area (Å²) in [5, 5.41) is 11.6. The normalized spacial score (nSPS) is 14.9. The van der Waals surface area contributed by atoms with Crippen LogP contribution < -0.4 is 5.32 Å². The zero-order chi connectivity index (χ0) is 12.6. The van der Waals surface area contributed by atoms with Gasteiger partial charge in [0.15, 0.2) is 0 Å². The molecule has 0 heterocycles. The van der Waals surface area contributed by atoms with Gasteiger partial charge in [0.25, 0.3) is 0 Å². The Labute approximate surface area is 104 Å². The van der Waals surface area contributed by atoms with Crippen LogP contribution in [0.15, 0.2) is 0 Å². The third-order valence-corrected chi connectivity index (χ3v) is 3.53. The monoisotopic (exact) mass is 247 g/mol. The second kappa shape index (κ2) is 8.88. The zero-order valence-electron chi connectivity index (χ0n) is 10.6. The van der Waals surface area contributed by atoms with Crippen molar-refractivity contribution in [1.29, 1.82) is 0 Å². The summed E-state index contributed by atoms with van der Waals surface area (Å²) in [5.74, 6) is 0.620. The Hall–Kier alpha value is -0.220. The molecule has 2 unspecified atom stereocenters. The minimum atomic E-state index is -0.239. The summed E-state index contributed by atoms with van der Waals surface area (Å²) in [4.78, 5) is 11.6. The minimum Gasteiger partial charge on any atom is -0.396 e. The van der Waals surface area contributed by atoms with Crippen molar-refractivity contribution in [3.05, 3.63) is 0 Å². The number of amides is 1. The molecule has 0 spiro atoms. The van der Waals surface area contributed by atoms with Gasteiger partial charge in [-0.05, 0) is 24.7 Å². The van der Waals surface area contributed by atoms with E-state index in [0.717, 1.165) is 19.3 Å². The van der Waals surface area contributed by atoms with Crippen LogP contribution in [0.4, 0.5) is 0 Å². The second-order valence-corrected chi connectivity index (χ2v) is 5.16. The first-order valence-corrected chi connectivity index (χ1v) is 6.61. The van der Waals surface area contributed by atoms with Gasteiger partial charge in [0, 0.05) is 13.2 Å². The molecule has 0 radical (unpaired) electrons. The number of nitrogens with one attached hydrogen (secondary N) is 1. The molecule has 96 valence electrons. The largest absolute Gasteiger partial charge is 0.396 e. The number of carbonyl (C=O) groups excluding carboxylic acids is 1. The minimum absolute atomic E-state index is 0.00243. The fourth-order valence-corrected chi connectivity index (χ4v) is 1.68. The highest BCUT2D eigenvalue weighted by molar-refractivity contribution is 7.81. The van der Waals surface area contributed by atoms with E-state index in [2.05, 4.69) is 24.9 Å². The average Bonchev–Trinajstić information content (AvgIpc) is 2.24. The molecule has 1 amide bonds. The van der Waals surface area contributed by atoms with Crippen LogP contribution in [-0.4, -0.2) is 29.4 Å². The molecule has 0 fully saturated rings. The summed E-state index contributed by atoms with van der Waals surface area (Å²) in [6, 6.07) is 0. The molecule has 4 heteroatoms. The molecule has 3 nitrogen and oxygen atoms in total. The van der Waals surface area contributed by atoms with E-state index in [1.54, 1.807) is 0 Å². The number of hydrogen-bond donors (Lipinski definition) is 3. The van der Waals surface area contributed by atoms with Gasteiger partial charge in [-0.1, -0.05) is 27.2 Å². The molecular formula is C12H25NO2S. The Morgan fingerprint density at radius 3 is 2.44 bits per heavy atom. The number of aliphatic hydroxyl groups excluding tert-OH is 1. The number of rotatable bonds is 8. The van der Waals surface area contributed by atoms with Crippen molar-refractivity contribution in [2.24, 2.45) is 11.8 Å². The molecule has 0 aromatic heterocycles. The van der Waals surface area contributed by atoms with Crippen molar-refractivity contribution >= 4 is 18.5 Å². The van der Waals surface area contributed by atoms with Crippen LogP contribution >= 0.6 is 12.6 Å². The molecule has 0 rings (SSSR count). The number of thiol groups is 1. The summed E-state index contributed by atoms with van der Waals surface area (Å²) < 4.78 is 0. The first-order valence-electron chi connectivity index (χ1n) is 6.09. The lowest BCUT2D eigenvalue weighted by atomic mass is 10.00. The molecule has 0 aliphatic rings. The molecule has 0 aliphatic carbocycles. The lowest BCUT2D eigenvalue weighted by Crippen LogP contribution is -2.37. The van der Waals surface area contributed by atoms with Gasteiger partial charge in [-0.25, -0.2) is 0 Å². The third-order valence-electron chi connectivity index (χ3n) is 2.70. The van der Waals surface area contributed by atoms with Crippen LogP contribution in [-0.2, 0) is 4.79 Å². The predicted octanol–water partition coefficient (Wildman–Crippen LogP) is 1.86. The van der Waals surface area contributed by atoms with E-state index in [-0.39, 0.29) is 23.7 Å². The van der Waals surface area contributed by atoms with Crippen LogP contribution in [0.1, 0.15) is 40.0 Å². The number of carbonyl (C=O) groups is 1. The van der Waals surface area contributed by atoms with Crippen molar-refractivity contribution in [3.63, 3.8) is 0 Å². The van der Waals surface area contributed by atoms with Crippen LogP contribution in [0.3, 0.4) is 0 Å². The molecule has 0 aromatic rings. The number of aliphatic hydroxyl groups is 1. The molecule has 0 aromatic carbocycles.